The molecule has 0 unspecified atom stereocenters. The first-order valence-corrected chi connectivity index (χ1v) is 5.85. The molecule has 0 bridgehead atoms. The van der Waals surface area contributed by atoms with Gasteiger partial charge in [0.2, 0.25) is 0 Å². The van der Waals surface area contributed by atoms with E-state index < -0.39 is 0 Å². The highest BCUT2D eigenvalue weighted by molar-refractivity contribution is 7.10. The number of nitrogens with one attached hydrogen (secondary N) is 2. The fourth-order valence-corrected chi connectivity index (χ4v) is 1.64. The highest BCUT2D eigenvalue weighted by atomic mass is 32.1. The summed E-state index contributed by atoms with van der Waals surface area (Å²) in [7, 11) is 0. The number of pyridine rings is 1. The van der Waals surface area contributed by atoms with E-state index in [2.05, 4.69) is 25.2 Å². The van der Waals surface area contributed by atoms with E-state index in [4.69, 9.17) is 0 Å². The van der Waals surface area contributed by atoms with Crippen molar-refractivity contribution in [3.63, 3.8) is 0 Å². The Hall–Kier alpha value is -2.02. The van der Waals surface area contributed by atoms with Crippen molar-refractivity contribution in [3.05, 3.63) is 30.1 Å². The molecule has 2 aromatic heterocycles. The van der Waals surface area contributed by atoms with E-state index in [-0.39, 0.29) is 5.91 Å². The average Bonchev–Trinajstić information content (AvgIpc) is 2.83. The number of anilines is 2. The molecule has 17 heavy (non-hydrogen) atoms. The maximum atomic E-state index is 11.8. The minimum atomic E-state index is -0.216. The quantitative estimate of drug-likeness (QED) is 0.860. The Kier molecular flexibility index (Phi) is 3.61. The number of carbonyl (C=O) groups excluding carboxylic acids is 1. The monoisotopic (exact) mass is 249 g/mol. The molecule has 6 nitrogen and oxygen atoms in total. The molecule has 0 aromatic carbocycles. The van der Waals surface area contributed by atoms with Crippen molar-refractivity contribution in [1.82, 2.24) is 14.6 Å². The smallest absolute Gasteiger partial charge is 0.257 e. The van der Waals surface area contributed by atoms with Gasteiger partial charge in [-0.05, 0) is 19.1 Å². The van der Waals surface area contributed by atoms with Gasteiger partial charge in [0, 0.05) is 24.3 Å². The van der Waals surface area contributed by atoms with Gasteiger partial charge in [-0.25, -0.2) is 4.98 Å². The highest BCUT2D eigenvalue weighted by Crippen LogP contribution is 2.12. The number of hydrogen-bond donors (Lipinski definition) is 2. The molecular formula is C10H11N5OS. The zero-order valence-electron chi connectivity index (χ0n) is 9.17. The predicted octanol–water partition coefficient (Wildman–Crippen LogP) is 1.62. The van der Waals surface area contributed by atoms with E-state index in [0.29, 0.717) is 10.6 Å². The van der Waals surface area contributed by atoms with Crippen LogP contribution in [0.1, 0.15) is 17.3 Å². The van der Waals surface area contributed by atoms with E-state index in [1.54, 1.807) is 12.1 Å². The molecule has 0 saturated heterocycles. The molecule has 2 N–H and O–H groups in total. The van der Waals surface area contributed by atoms with E-state index in [1.807, 2.05) is 6.92 Å². The van der Waals surface area contributed by atoms with Gasteiger partial charge in [0.05, 0.1) is 11.8 Å². The summed E-state index contributed by atoms with van der Waals surface area (Å²) < 4.78 is 3.66. The first-order chi connectivity index (χ1) is 8.29. The van der Waals surface area contributed by atoms with Crippen LogP contribution in [0.4, 0.5) is 10.8 Å². The minimum Gasteiger partial charge on any atom is -0.370 e. The van der Waals surface area contributed by atoms with Crippen LogP contribution < -0.4 is 10.6 Å². The fraction of sp³-hybridized carbons (Fsp3) is 0.200. The number of carbonyl (C=O) groups is 1. The van der Waals surface area contributed by atoms with Gasteiger partial charge in [-0.1, -0.05) is 4.49 Å². The third-order valence-corrected chi connectivity index (χ3v) is 2.56. The van der Waals surface area contributed by atoms with Crippen LogP contribution in [0, 0.1) is 0 Å². The van der Waals surface area contributed by atoms with Crippen molar-refractivity contribution in [2.24, 2.45) is 0 Å². The second-order valence-corrected chi connectivity index (χ2v) is 3.98. The summed E-state index contributed by atoms with van der Waals surface area (Å²) >= 11 is 1.13. The minimum absolute atomic E-state index is 0.216. The molecule has 0 radical (unpaired) electrons. The number of amides is 1. The van der Waals surface area contributed by atoms with Crippen LogP contribution in [-0.2, 0) is 0 Å². The molecule has 0 aliphatic heterocycles. The molecular weight excluding hydrogens is 238 g/mol. The summed E-state index contributed by atoms with van der Waals surface area (Å²) in [5.74, 6) is 0.537. The number of aromatic nitrogens is 3. The van der Waals surface area contributed by atoms with E-state index >= 15 is 0 Å². The molecule has 2 aromatic rings. The van der Waals surface area contributed by atoms with Crippen molar-refractivity contribution in [2.75, 3.05) is 17.2 Å². The first kappa shape index (κ1) is 11.5. The molecule has 0 fully saturated rings. The van der Waals surface area contributed by atoms with Crippen LogP contribution in [0.5, 0.6) is 0 Å². The second-order valence-electron chi connectivity index (χ2n) is 3.20. The summed E-state index contributed by atoms with van der Waals surface area (Å²) in [5, 5.41) is 9.99. The molecule has 1 amide bonds. The van der Waals surface area contributed by atoms with E-state index in [9.17, 15) is 4.79 Å². The van der Waals surface area contributed by atoms with Crippen molar-refractivity contribution < 1.29 is 4.79 Å². The van der Waals surface area contributed by atoms with Gasteiger partial charge in [0.15, 0.2) is 0 Å². The summed E-state index contributed by atoms with van der Waals surface area (Å²) in [6, 6.07) is 3.48. The molecule has 0 spiro atoms. The van der Waals surface area contributed by atoms with Crippen LogP contribution in [-0.4, -0.2) is 27.0 Å². The normalized spacial score (nSPS) is 9.94. The summed E-state index contributed by atoms with van der Waals surface area (Å²) in [6.45, 7) is 2.78. The Bertz CT molecular complexity index is 482. The molecule has 2 rings (SSSR count). The molecule has 0 aliphatic carbocycles. The SMILES string of the molecule is CCNc1ccc(C(=O)Nc2cnns2)cn1. The Labute approximate surface area is 102 Å². The first-order valence-electron chi connectivity index (χ1n) is 5.08. The largest absolute Gasteiger partial charge is 0.370 e. The maximum absolute atomic E-state index is 11.8. The molecule has 7 heteroatoms. The summed E-state index contributed by atoms with van der Waals surface area (Å²) in [6.07, 6.45) is 3.03. The van der Waals surface area contributed by atoms with Gasteiger partial charge in [0.25, 0.3) is 5.91 Å². The van der Waals surface area contributed by atoms with Crippen LogP contribution in [0.15, 0.2) is 24.5 Å². The molecule has 0 saturated carbocycles. The highest BCUT2D eigenvalue weighted by Gasteiger charge is 2.07. The zero-order chi connectivity index (χ0) is 12.1. The van der Waals surface area contributed by atoms with Gasteiger partial charge >= 0.3 is 0 Å². The van der Waals surface area contributed by atoms with E-state index in [1.165, 1.54) is 12.4 Å². The Morgan fingerprint density at radius 2 is 2.29 bits per heavy atom. The maximum Gasteiger partial charge on any atom is 0.257 e. The van der Waals surface area contributed by atoms with Gasteiger partial charge in [-0.3, -0.25) is 4.79 Å². The molecule has 2 heterocycles. The molecule has 0 aliphatic rings. The van der Waals surface area contributed by atoms with Gasteiger partial charge in [0.1, 0.15) is 10.8 Å². The number of rotatable bonds is 4. The van der Waals surface area contributed by atoms with Crippen LogP contribution in [0.25, 0.3) is 0 Å². The van der Waals surface area contributed by atoms with Gasteiger partial charge < -0.3 is 10.6 Å². The number of hydrogen-bond acceptors (Lipinski definition) is 6. The van der Waals surface area contributed by atoms with Crippen LogP contribution >= 0.6 is 11.5 Å². The summed E-state index contributed by atoms with van der Waals surface area (Å²) in [4.78, 5) is 15.9. The van der Waals surface area contributed by atoms with Crippen molar-refractivity contribution in [1.29, 1.82) is 0 Å². The average molecular weight is 249 g/mol. The Morgan fingerprint density at radius 3 is 2.88 bits per heavy atom. The van der Waals surface area contributed by atoms with Gasteiger partial charge in [-0.15, -0.1) is 5.10 Å². The standard InChI is InChI=1S/C10H11N5OS/c1-2-11-8-4-3-7(5-12-8)10(16)14-9-6-13-15-17-9/h3-6H,2H2,1H3,(H,11,12)(H,14,16). The lowest BCUT2D eigenvalue weighted by atomic mass is 10.2. The third kappa shape index (κ3) is 2.97. The predicted molar refractivity (Wildman–Crippen MR) is 66.3 cm³/mol. The van der Waals surface area contributed by atoms with Gasteiger partial charge in [-0.2, -0.15) is 0 Å². The lowest BCUT2D eigenvalue weighted by molar-refractivity contribution is 0.102. The van der Waals surface area contributed by atoms with Crippen molar-refractivity contribution >= 4 is 28.3 Å². The lowest BCUT2D eigenvalue weighted by Gasteiger charge is -2.04. The fourth-order valence-electron chi connectivity index (χ4n) is 1.22. The Morgan fingerprint density at radius 1 is 1.41 bits per heavy atom. The topological polar surface area (TPSA) is 79.8 Å². The second kappa shape index (κ2) is 5.35. The lowest BCUT2D eigenvalue weighted by Crippen LogP contribution is -2.11. The molecule has 0 atom stereocenters. The van der Waals surface area contributed by atoms with Crippen LogP contribution in [0.3, 0.4) is 0 Å². The van der Waals surface area contributed by atoms with Crippen LogP contribution in [0.2, 0.25) is 0 Å². The molecule has 88 valence electrons. The third-order valence-electron chi connectivity index (χ3n) is 1.98. The van der Waals surface area contributed by atoms with Crippen molar-refractivity contribution in [2.45, 2.75) is 6.92 Å². The zero-order valence-corrected chi connectivity index (χ0v) is 9.99. The number of nitrogens with zero attached hydrogens (tertiary/aromatic N) is 3. The summed E-state index contributed by atoms with van der Waals surface area (Å²) in [5.41, 5.74) is 0.500. The van der Waals surface area contributed by atoms with Crippen molar-refractivity contribution in [3.8, 4) is 0 Å². The van der Waals surface area contributed by atoms with E-state index in [0.717, 1.165) is 23.9 Å². The Balaban J connectivity index is 2.04.